The topological polar surface area (TPSA) is 20.3 Å². The van der Waals surface area contributed by atoms with Gasteiger partial charge in [0.1, 0.15) is 6.29 Å². The van der Waals surface area contributed by atoms with E-state index in [1.54, 1.807) is 0 Å². The Morgan fingerprint density at radius 1 is 1.26 bits per heavy atom. The maximum absolute atomic E-state index is 11.7. The molecule has 2 nitrogen and oxygen atoms in total. The number of hydrogen-bond acceptors (Lipinski definition) is 2. The molecular formula is C20H22BrNO. The molecule has 3 rings (SSSR count). The van der Waals surface area contributed by atoms with E-state index in [-0.39, 0.29) is 6.04 Å². The van der Waals surface area contributed by atoms with Crippen LogP contribution >= 0.6 is 15.9 Å². The molecule has 0 N–H and O–H groups in total. The Bertz CT molecular complexity index is 721. The molecule has 1 aliphatic rings. The van der Waals surface area contributed by atoms with Gasteiger partial charge in [-0.3, -0.25) is 4.90 Å². The molecule has 1 heterocycles. The molecule has 23 heavy (non-hydrogen) atoms. The molecule has 2 aromatic carbocycles. The largest absolute Gasteiger partial charge is 0.301 e. The van der Waals surface area contributed by atoms with E-state index < -0.39 is 0 Å². The summed E-state index contributed by atoms with van der Waals surface area (Å²) in [6, 6.07) is 12.9. The lowest BCUT2D eigenvalue weighted by molar-refractivity contribution is -0.112. The van der Waals surface area contributed by atoms with Crippen molar-refractivity contribution >= 4 is 22.2 Å². The second-order valence-corrected chi connectivity index (χ2v) is 7.59. The lowest BCUT2D eigenvalue weighted by Gasteiger charge is -2.21. The van der Waals surface area contributed by atoms with Gasteiger partial charge in [0.05, 0.1) is 6.04 Å². The van der Waals surface area contributed by atoms with E-state index in [0.29, 0.717) is 5.92 Å². The summed E-state index contributed by atoms with van der Waals surface area (Å²) in [5.41, 5.74) is 6.23. The number of rotatable bonds is 4. The minimum atomic E-state index is -0.136. The first-order chi connectivity index (χ1) is 11.0. The van der Waals surface area contributed by atoms with Crippen LogP contribution < -0.4 is 0 Å². The minimum absolute atomic E-state index is 0.136. The second-order valence-electron chi connectivity index (χ2n) is 6.68. The van der Waals surface area contributed by atoms with E-state index in [1.807, 2.05) is 0 Å². The highest BCUT2D eigenvalue weighted by Crippen LogP contribution is 2.37. The zero-order valence-corrected chi connectivity index (χ0v) is 15.4. The zero-order valence-electron chi connectivity index (χ0n) is 13.8. The molecule has 0 saturated heterocycles. The van der Waals surface area contributed by atoms with Crippen molar-refractivity contribution in [2.45, 2.75) is 45.8 Å². The summed E-state index contributed by atoms with van der Waals surface area (Å²) in [6.45, 7) is 8.11. The van der Waals surface area contributed by atoms with Gasteiger partial charge in [0.25, 0.3) is 0 Å². The van der Waals surface area contributed by atoms with Gasteiger partial charge >= 0.3 is 0 Å². The standard InChI is InChI=1S/C20H22BrNO/c1-13(2)16-6-4-15(5-7-16)10-22-11-17-9-18(21)8-14(3)20(17)19(22)12-23/h4-9,12-13,19H,10-11H2,1-3H3. The molecule has 120 valence electrons. The van der Waals surface area contributed by atoms with Crippen LogP contribution in [0.25, 0.3) is 0 Å². The van der Waals surface area contributed by atoms with E-state index in [2.05, 4.69) is 78.0 Å². The van der Waals surface area contributed by atoms with Gasteiger partial charge in [0.15, 0.2) is 0 Å². The predicted molar refractivity (Wildman–Crippen MR) is 97.5 cm³/mol. The molecule has 0 fully saturated rings. The Labute approximate surface area is 146 Å². The SMILES string of the molecule is Cc1cc(Br)cc2c1C(C=O)N(Cc1ccc(C(C)C)cc1)C2. The van der Waals surface area contributed by atoms with Crippen molar-refractivity contribution in [2.24, 2.45) is 0 Å². The molecule has 1 unspecified atom stereocenters. The van der Waals surface area contributed by atoms with Gasteiger partial charge in [-0.2, -0.15) is 0 Å². The fourth-order valence-corrected chi connectivity index (χ4v) is 4.05. The highest BCUT2D eigenvalue weighted by Gasteiger charge is 2.31. The van der Waals surface area contributed by atoms with Gasteiger partial charge in [-0.05, 0) is 52.8 Å². The smallest absolute Gasteiger partial charge is 0.141 e. The van der Waals surface area contributed by atoms with Crippen molar-refractivity contribution in [3.05, 3.63) is 68.7 Å². The van der Waals surface area contributed by atoms with Crippen molar-refractivity contribution < 1.29 is 4.79 Å². The Kier molecular flexibility index (Phi) is 4.69. The normalized spacial score (nSPS) is 17.5. The van der Waals surface area contributed by atoms with Crippen LogP contribution in [0.15, 0.2) is 40.9 Å². The summed E-state index contributed by atoms with van der Waals surface area (Å²) < 4.78 is 1.08. The number of hydrogen-bond donors (Lipinski definition) is 0. The van der Waals surface area contributed by atoms with Crippen LogP contribution in [0.1, 0.15) is 53.6 Å². The maximum Gasteiger partial charge on any atom is 0.141 e. The average molecular weight is 372 g/mol. The molecule has 0 radical (unpaired) electrons. The first-order valence-corrected chi connectivity index (χ1v) is 8.86. The fraction of sp³-hybridized carbons (Fsp3) is 0.350. The highest BCUT2D eigenvalue weighted by molar-refractivity contribution is 9.10. The number of carbonyl (C=O) groups is 1. The Morgan fingerprint density at radius 3 is 2.57 bits per heavy atom. The lowest BCUT2D eigenvalue weighted by Crippen LogP contribution is -2.22. The molecule has 0 aromatic heterocycles. The van der Waals surface area contributed by atoms with E-state index >= 15 is 0 Å². The van der Waals surface area contributed by atoms with Crippen LogP contribution in [0.2, 0.25) is 0 Å². The van der Waals surface area contributed by atoms with Crippen molar-refractivity contribution in [1.29, 1.82) is 0 Å². The molecule has 0 aliphatic carbocycles. The van der Waals surface area contributed by atoms with Crippen molar-refractivity contribution in [2.75, 3.05) is 0 Å². The summed E-state index contributed by atoms with van der Waals surface area (Å²) in [5, 5.41) is 0. The van der Waals surface area contributed by atoms with E-state index in [4.69, 9.17) is 0 Å². The second kappa shape index (κ2) is 6.58. The quantitative estimate of drug-likeness (QED) is 0.693. The number of halogens is 1. The van der Waals surface area contributed by atoms with Crippen LogP contribution in [0.3, 0.4) is 0 Å². The first kappa shape index (κ1) is 16.4. The fourth-order valence-electron chi connectivity index (χ4n) is 3.43. The number of carbonyl (C=O) groups excluding carboxylic acids is 1. The molecular weight excluding hydrogens is 350 g/mol. The van der Waals surface area contributed by atoms with Gasteiger partial charge in [-0.1, -0.05) is 54.0 Å². The molecule has 0 spiro atoms. The summed E-state index contributed by atoms with van der Waals surface area (Å²) >= 11 is 3.56. The van der Waals surface area contributed by atoms with Crippen LogP contribution in [-0.4, -0.2) is 11.2 Å². The number of aldehydes is 1. The Morgan fingerprint density at radius 2 is 1.96 bits per heavy atom. The Balaban J connectivity index is 1.84. The van der Waals surface area contributed by atoms with Crippen molar-refractivity contribution in [1.82, 2.24) is 4.90 Å². The summed E-state index contributed by atoms with van der Waals surface area (Å²) in [4.78, 5) is 13.9. The number of aryl methyl sites for hydroxylation is 1. The monoisotopic (exact) mass is 371 g/mol. The summed E-state index contributed by atoms with van der Waals surface area (Å²) in [5.74, 6) is 0.544. The molecule has 3 heteroatoms. The van der Waals surface area contributed by atoms with Gasteiger partial charge < -0.3 is 4.79 Å². The lowest BCUT2D eigenvalue weighted by atomic mass is 10.00. The number of benzene rings is 2. The predicted octanol–water partition coefficient (Wildman–Crippen LogP) is 5.14. The first-order valence-electron chi connectivity index (χ1n) is 8.06. The molecule has 2 aromatic rings. The Hall–Kier alpha value is -1.45. The van der Waals surface area contributed by atoms with Crippen LogP contribution in [0.4, 0.5) is 0 Å². The molecule has 1 aliphatic heterocycles. The molecule has 0 saturated carbocycles. The van der Waals surface area contributed by atoms with Crippen molar-refractivity contribution in [3.8, 4) is 0 Å². The van der Waals surface area contributed by atoms with Gasteiger partial charge in [-0.25, -0.2) is 0 Å². The van der Waals surface area contributed by atoms with E-state index in [0.717, 1.165) is 23.8 Å². The summed E-state index contributed by atoms with van der Waals surface area (Å²) in [6.07, 6.45) is 1.08. The van der Waals surface area contributed by atoms with Crippen LogP contribution in [0.5, 0.6) is 0 Å². The van der Waals surface area contributed by atoms with E-state index in [1.165, 1.54) is 27.8 Å². The highest BCUT2D eigenvalue weighted by atomic mass is 79.9. The minimum Gasteiger partial charge on any atom is -0.301 e. The molecule has 0 bridgehead atoms. The van der Waals surface area contributed by atoms with Gasteiger partial charge in [0, 0.05) is 17.6 Å². The van der Waals surface area contributed by atoms with Crippen molar-refractivity contribution in [3.63, 3.8) is 0 Å². The number of nitrogens with zero attached hydrogens (tertiary/aromatic N) is 1. The van der Waals surface area contributed by atoms with Gasteiger partial charge in [0.2, 0.25) is 0 Å². The van der Waals surface area contributed by atoms with E-state index in [9.17, 15) is 4.79 Å². The maximum atomic E-state index is 11.7. The zero-order chi connectivity index (χ0) is 16.6. The van der Waals surface area contributed by atoms with Crippen LogP contribution in [0, 0.1) is 6.92 Å². The third-order valence-electron chi connectivity index (χ3n) is 4.66. The average Bonchev–Trinajstić information content (AvgIpc) is 2.85. The molecule has 0 amide bonds. The summed E-state index contributed by atoms with van der Waals surface area (Å²) in [7, 11) is 0. The third-order valence-corrected chi connectivity index (χ3v) is 5.12. The molecule has 1 atom stereocenters. The van der Waals surface area contributed by atoms with Gasteiger partial charge in [-0.15, -0.1) is 0 Å². The van der Waals surface area contributed by atoms with Crippen LogP contribution in [-0.2, 0) is 17.9 Å². The third kappa shape index (κ3) is 3.26. The number of fused-ring (bicyclic) bond motifs is 1.